The first-order chi connectivity index (χ1) is 12.9. The van der Waals surface area contributed by atoms with Gasteiger partial charge in [-0.05, 0) is 50.5 Å². The van der Waals surface area contributed by atoms with Crippen LogP contribution in [0.15, 0.2) is 36.4 Å². The minimum absolute atomic E-state index is 0.0975. The zero-order chi connectivity index (χ0) is 21.2. The summed E-state index contributed by atoms with van der Waals surface area (Å²) in [5, 5.41) is 13.9. The summed E-state index contributed by atoms with van der Waals surface area (Å²) in [6.07, 6.45) is 0.965. The molecule has 0 unspecified atom stereocenters. The van der Waals surface area contributed by atoms with Crippen LogP contribution in [0.25, 0.3) is 0 Å². The number of nitrogens with one attached hydrogen (secondary N) is 1. The van der Waals surface area contributed by atoms with Gasteiger partial charge in [-0.3, -0.25) is 19.2 Å². The predicted molar refractivity (Wildman–Crippen MR) is 109 cm³/mol. The van der Waals surface area contributed by atoms with Crippen molar-refractivity contribution < 1.29 is 18.1 Å². The molecule has 9 heteroatoms. The van der Waals surface area contributed by atoms with Crippen LogP contribution in [-0.4, -0.2) is 31.5 Å². The van der Waals surface area contributed by atoms with Gasteiger partial charge in [0.2, 0.25) is 15.9 Å². The molecule has 0 aliphatic rings. The van der Waals surface area contributed by atoms with E-state index in [4.69, 9.17) is 0 Å². The molecule has 2 rings (SSSR count). The number of carbonyl (C=O) groups excluding carboxylic acids is 1. The first-order valence-corrected chi connectivity index (χ1v) is 10.4. The first kappa shape index (κ1) is 21.4. The van der Waals surface area contributed by atoms with Gasteiger partial charge in [-0.25, -0.2) is 8.42 Å². The summed E-state index contributed by atoms with van der Waals surface area (Å²) < 4.78 is 25.8. The van der Waals surface area contributed by atoms with Crippen LogP contribution >= 0.6 is 0 Å². The van der Waals surface area contributed by atoms with E-state index in [1.165, 1.54) is 19.1 Å². The summed E-state index contributed by atoms with van der Waals surface area (Å²) in [7, 11) is -3.89. The Labute approximate surface area is 164 Å². The Morgan fingerprint density at radius 2 is 1.79 bits per heavy atom. The third-order valence-electron chi connectivity index (χ3n) is 4.59. The van der Waals surface area contributed by atoms with E-state index in [-0.39, 0.29) is 11.4 Å². The fourth-order valence-electron chi connectivity index (χ4n) is 2.85. The number of carbonyl (C=O) groups is 1. The van der Waals surface area contributed by atoms with Crippen molar-refractivity contribution in [3.05, 3.63) is 63.2 Å². The highest BCUT2D eigenvalue weighted by Gasteiger charge is 2.31. The second-order valence-corrected chi connectivity index (χ2v) is 8.56. The molecule has 0 aromatic heterocycles. The van der Waals surface area contributed by atoms with Crippen LogP contribution in [0.5, 0.6) is 0 Å². The summed E-state index contributed by atoms with van der Waals surface area (Å²) >= 11 is 0. The van der Waals surface area contributed by atoms with Gasteiger partial charge in [0, 0.05) is 17.8 Å². The van der Waals surface area contributed by atoms with Crippen molar-refractivity contribution in [1.82, 2.24) is 0 Å². The third kappa shape index (κ3) is 4.48. The van der Waals surface area contributed by atoms with E-state index < -0.39 is 26.9 Å². The Morgan fingerprint density at radius 1 is 1.14 bits per heavy atom. The summed E-state index contributed by atoms with van der Waals surface area (Å²) in [5.74, 6) is -0.537. The standard InChI is InChI=1S/C19H23N3O5S/c1-12-7-6-8-17(14(12)3)20-19(23)15(4)21(28(5,26)27)18-11-16(22(24)25)10-9-13(18)2/h6-11,15H,1-5H3,(H,20,23)/t15-/m1/s1. The van der Waals surface area contributed by atoms with Gasteiger partial charge in [0.25, 0.3) is 5.69 Å². The maximum atomic E-state index is 12.8. The van der Waals surface area contributed by atoms with Crippen LogP contribution in [0.3, 0.4) is 0 Å². The second-order valence-electron chi connectivity index (χ2n) is 6.70. The highest BCUT2D eigenvalue weighted by molar-refractivity contribution is 7.92. The number of benzene rings is 2. The Balaban J connectivity index is 2.46. The van der Waals surface area contributed by atoms with Gasteiger partial charge in [0.05, 0.1) is 16.9 Å². The highest BCUT2D eigenvalue weighted by atomic mass is 32.2. The van der Waals surface area contributed by atoms with E-state index in [0.29, 0.717) is 11.3 Å². The molecule has 0 radical (unpaired) electrons. The van der Waals surface area contributed by atoms with Gasteiger partial charge in [0.15, 0.2) is 0 Å². The molecular weight excluding hydrogens is 382 g/mol. The topological polar surface area (TPSA) is 110 Å². The average Bonchev–Trinajstić information content (AvgIpc) is 2.59. The Morgan fingerprint density at radius 3 is 2.36 bits per heavy atom. The van der Waals surface area contributed by atoms with E-state index in [1.807, 2.05) is 19.9 Å². The number of nitro benzene ring substituents is 1. The third-order valence-corrected chi connectivity index (χ3v) is 5.82. The zero-order valence-corrected chi connectivity index (χ0v) is 17.2. The number of nitrogens with zero attached hydrogens (tertiary/aromatic N) is 2. The van der Waals surface area contributed by atoms with E-state index >= 15 is 0 Å². The average molecular weight is 405 g/mol. The predicted octanol–water partition coefficient (Wildman–Crippen LogP) is 3.31. The summed E-state index contributed by atoms with van der Waals surface area (Å²) in [6.45, 7) is 6.84. The molecule has 2 aromatic rings. The van der Waals surface area contributed by atoms with Crippen molar-refractivity contribution in [2.24, 2.45) is 0 Å². The van der Waals surface area contributed by atoms with Crippen LogP contribution in [0.4, 0.5) is 17.1 Å². The smallest absolute Gasteiger partial charge is 0.271 e. The Kier molecular flexibility index (Phi) is 6.08. The maximum Gasteiger partial charge on any atom is 0.271 e. The lowest BCUT2D eigenvalue weighted by Crippen LogP contribution is -2.45. The summed E-state index contributed by atoms with van der Waals surface area (Å²) in [5.41, 5.74) is 2.79. The molecule has 8 nitrogen and oxygen atoms in total. The molecular formula is C19H23N3O5S. The van der Waals surface area contributed by atoms with E-state index in [2.05, 4.69) is 5.32 Å². The van der Waals surface area contributed by atoms with Crippen LogP contribution < -0.4 is 9.62 Å². The molecule has 28 heavy (non-hydrogen) atoms. The second kappa shape index (κ2) is 7.97. The van der Waals surface area contributed by atoms with Gasteiger partial charge in [0.1, 0.15) is 6.04 Å². The molecule has 1 N–H and O–H groups in total. The van der Waals surface area contributed by atoms with Gasteiger partial charge < -0.3 is 5.32 Å². The molecule has 0 saturated heterocycles. The number of nitro groups is 1. The molecule has 2 aromatic carbocycles. The molecule has 0 bridgehead atoms. The molecule has 0 spiro atoms. The monoisotopic (exact) mass is 405 g/mol. The van der Waals surface area contributed by atoms with Crippen LogP contribution in [0.1, 0.15) is 23.6 Å². The lowest BCUT2D eigenvalue weighted by Gasteiger charge is -2.29. The molecule has 150 valence electrons. The number of sulfonamides is 1. The Hall–Kier alpha value is -2.94. The quantitative estimate of drug-likeness (QED) is 0.586. The minimum atomic E-state index is -3.89. The molecule has 0 aliphatic carbocycles. The number of amides is 1. The normalized spacial score (nSPS) is 12.3. The van der Waals surface area contributed by atoms with Crippen molar-refractivity contribution in [1.29, 1.82) is 0 Å². The fraction of sp³-hybridized carbons (Fsp3) is 0.316. The van der Waals surface area contributed by atoms with Gasteiger partial charge >= 0.3 is 0 Å². The zero-order valence-electron chi connectivity index (χ0n) is 16.4. The van der Waals surface area contributed by atoms with Crippen molar-refractivity contribution in [3.63, 3.8) is 0 Å². The molecule has 0 saturated carbocycles. The fourth-order valence-corrected chi connectivity index (χ4v) is 4.08. The van der Waals surface area contributed by atoms with Gasteiger partial charge in [-0.1, -0.05) is 18.2 Å². The molecule has 0 aliphatic heterocycles. The minimum Gasteiger partial charge on any atom is -0.324 e. The first-order valence-electron chi connectivity index (χ1n) is 8.55. The SMILES string of the molecule is Cc1ccc([N+](=O)[O-])cc1N([C@H](C)C(=O)Nc1cccc(C)c1C)S(C)(=O)=O. The lowest BCUT2D eigenvalue weighted by atomic mass is 10.1. The number of non-ortho nitro benzene ring substituents is 1. The van der Waals surface area contributed by atoms with Crippen molar-refractivity contribution in [2.75, 3.05) is 15.9 Å². The maximum absolute atomic E-state index is 12.8. The molecule has 0 fully saturated rings. The number of hydrogen-bond donors (Lipinski definition) is 1. The number of aryl methyl sites for hydroxylation is 2. The van der Waals surface area contributed by atoms with E-state index in [1.54, 1.807) is 19.1 Å². The number of anilines is 2. The summed E-state index contributed by atoms with van der Waals surface area (Å²) in [6, 6.07) is 8.23. The number of hydrogen-bond acceptors (Lipinski definition) is 5. The lowest BCUT2D eigenvalue weighted by molar-refractivity contribution is -0.384. The van der Waals surface area contributed by atoms with E-state index in [9.17, 15) is 23.3 Å². The van der Waals surface area contributed by atoms with Gasteiger partial charge in [-0.2, -0.15) is 0 Å². The van der Waals surface area contributed by atoms with Crippen molar-refractivity contribution in [2.45, 2.75) is 33.7 Å². The molecule has 1 amide bonds. The van der Waals surface area contributed by atoms with Gasteiger partial charge in [-0.15, -0.1) is 0 Å². The van der Waals surface area contributed by atoms with Crippen molar-refractivity contribution >= 4 is 33.0 Å². The van der Waals surface area contributed by atoms with Crippen LogP contribution in [0.2, 0.25) is 0 Å². The number of rotatable bonds is 6. The molecule has 1 atom stereocenters. The largest absolute Gasteiger partial charge is 0.324 e. The molecule has 0 heterocycles. The Bertz CT molecular complexity index is 1030. The van der Waals surface area contributed by atoms with E-state index in [0.717, 1.165) is 27.8 Å². The summed E-state index contributed by atoms with van der Waals surface area (Å²) in [4.78, 5) is 23.3. The van der Waals surface area contributed by atoms with Crippen molar-refractivity contribution in [3.8, 4) is 0 Å². The van der Waals surface area contributed by atoms with Crippen LogP contribution in [-0.2, 0) is 14.8 Å². The van der Waals surface area contributed by atoms with Crippen LogP contribution in [0, 0.1) is 30.9 Å². The highest BCUT2D eigenvalue weighted by Crippen LogP contribution is 2.30.